The van der Waals surface area contributed by atoms with Crippen molar-refractivity contribution in [2.75, 3.05) is 20.3 Å². The Morgan fingerprint density at radius 2 is 2.09 bits per heavy atom. The number of allylic oxidation sites excluding steroid dienone is 1. The van der Waals surface area contributed by atoms with E-state index in [1.54, 1.807) is 14.0 Å². The Balaban J connectivity index is 2.12. The lowest BCUT2D eigenvalue weighted by Crippen LogP contribution is -2.44. The van der Waals surface area contributed by atoms with Gasteiger partial charge in [-0.1, -0.05) is 24.3 Å². The number of methoxy groups -OCH3 is 1. The number of cyclic esters (lactones) is 1. The van der Waals surface area contributed by atoms with Crippen molar-refractivity contribution >= 4 is 18.0 Å². The molecule has 0 spiro atoms. The molecule has 1 aliphatic heterocycles. The molecule has 1 aromatic carbocycles. The summed E-state index contributed by atoms with van der Waals surface area (Å²) in [5.74, 6) is -0.202. The van der Waals surface area contributed by atoms with Crippen molar-refractivity contribution in [2.45, 2.75) is 26.2 Å². The first-order valence-corrected chi connectivity index (χ1v) is 7.77. The second-order valence-corrected chi connectivity index (χ2v) is 5.42. The van der Waals surface area contributed by atoms with Crippen molar-refractivity contribution in [3.05, 3.63) is 35.9 Å². The van der Waals surface area contributed by atoms with Crippen LogP contribution in [0.5, 0.6) is 5.75 Å². The first-order chi connectivity index (χ1) is 11.1. The first kappa shape index (κ1) is 17.1. The van der Waals surface area contributed by atoms with Gasteiger partial charge in [-0.15, -0.1) is 0 Å². The van der Waals surface area contributed by atoms with Crippen LogP contribution in [0, 0.1) is 5.41 Å². The second-order valence-electron chi connectivity index (χ2n) is 5.42. The monoisotopic (exact) mass is 318 g/mol. The minimum absolute atomic E-state index is 0.246. The van der Waals surface area contributed by atoms with Gasteiger partial charge in [0.05, 0.1) is 20.3 Å². The van der Waals surface area contributed by atoms with E-state index in [0.29, 0.717) is 19.4 Å². The summed E-state index contributed by atoms with van der Waals surface area (Å²) < 4.78 is 15.3. The largest absolute Gasteiger partial charge is 0.497 e. The molecule has 0 saturated carbocycles. The summed E-state index contributed by atoms with van der Waals surface area (Å²) in [6, 6.07) is 7.53. The van der Waals surface area contributed by atoms with Crippen LogP contribution >= 0.6 is 0 Å². The van der Waals surface area contributed by atoms with Gasteiger partial charge in [-0.3, -0.25) is 9.59 Å². The van der Waals surface area contributed by atoms with Gasteiger partial charge in [-0.05, 0) is 43.9 Å². The van der Waals surface area contributed by atoms with E-state index in [4.69, 9.17) is 14.2 Å². The molecule has 5 nitrogen and oxygen atoms in total. The summed E-state index contributed by atoms with van der Waals surface area (Å²) >= 11 is 0. The topological polar surface area (TPSA) is 61.8 Å². The van der Waals surface area contributed by atoms with Gasteiger partial charge in [0, 0.05) is 0 Å². The molecule has 0 N–H and O–H groups in total. The van der Waals surface area contributed by atoms with Crippen LogP contribution in [0.3, 0.4) is 0 Å². The lowest BCUT2D eigenvalue weighted by atomic mass is 9.78. The highest BCUT2D eigenvalue weighted by Gasteiger charge is 2.49. The molecule has 124 valence electrons. The summed E-state index contributed by atoms with van der Waals surface area (Å²) in [6.45, 7) is 2.34. The number of carbonyl (C=O) groups is 2. The lowest BCUT2D eigenvalue weighted by molar-refractivity contribution is -0.177. The molecule has 1 fully saturated rings. The quantitative estimate of drug-likeness (QED) is 0.596. The third-order valence-corrected chi connectivity index (χ3v) is 3.93. The predicted octanol–water partition coefficient (Wildman–Crippen LogP) is 2.99. The van der Waals surface area contributed by atoms with Crippen LogP contribution in [0.15, 0.2) is 30.3 Å². The average molecular weight is 318 g/mol. The number of ether oxygens (including phenoxy) is 3. The van der Waals surface area contributed by atoms with Gasteiger partial charge in [-0.2, -0.15) is 0 Å². The average Bonchev–Trinajstić information content (AvgIpc) is 2.57. The Kier molecular flexibility index (Phi) is 5.79. The van der Waals surface area contributed by atoms with E-state index >= 15 is 0 Å². The molecular formula is C18H22O5. The van der Waals surface area contributed by atoms with Crippen LogP contribution in [0.2, 0.25) is 0 Å². The van der Waals surface area contributed by atoms with Gasteiger partial charge in [-0.25, -0.2) is 0 Å². The summed E-state index contributed by atoms with van der Waals surface area (Å²) in [7, 11) is 1.61. The molecule has 23 heavy (non-hydrogen) atoms. The number of rotatable bonds is 6. The molecule has 0 unspecified atom stereocenters. The minimum Gasteiger partial charge on any atom is -0.497 e. The number of hydrogen-bond acceptors (Lipinski definition) is 5. The van der Waals surface area contributed by atoms with E-state index in [2.05, 4.69) is 0 Å². The van der Waals surface area contributed by atoms with Gasteiger partial charge in [0.2, 0.25) is 0 Å². The highest BCUT2D eigenvalue weighted by Crippen LogP contribution is 2.35. The minimum atomic E-state index is -1.21. The molecule has 0 radical (unpaired) electrons. The Morgan fingerprint density at radius 3 is 2.70 bits per heavy atom. The van der Waals surface area contributed by atoms with Gasteiger partial charge >= 0.3 is 11.9 Å². The zero-order valence-electron chi connectivity index (χ0n) is 13.5. The fourth-order valence-corrected chi connectivity index (χ4v) is 2.61. The number of carbonyl (C=O) groups excluding carboxylic acids is 2. The predicted molar refractivity (Wildman–Crippen MR) is 85.9 cm³/mol. The highest BCUT2D eigenvalue weighted by molar-refractivity contribution is 6.00. The molecule has 2 rings (SSSR count). The molecule has 1 aromatic rings. The van der Waals surface area contributed by atoms with Crippen molar-refractivity contribution in [1.82, 2.24) is 0 Å². The van der Waals surface area contributed by atoms with Crippen molar-refractivity contribution in [2.24, 2.45) is 5.41 Å². The normalized spacial score (nSPS) is 21.0. The van der Waals surface area contributed by atoms with E-state index < -0.39 is 17.4 Å². The van der Waals surface area contributed by atoms with Crippen molar-refractivity contribution in [1.29, 1.82) is 0 Å². The standard InChI is InChI=1S/C18H22O5/c1-3-22-16(19)18(12-5-13-23-17(18)20)11-4-6-14-7-9-15(21-2)10-8-14/h4,6-10H,3,5,11-13H2,1-2H3/b6-4+/t18-/m0/s1. The maximum absolute atomic E-state index is 12.3. The van der Waals surface area contributed by atoms with Gasteiger partial charge < -0.3 is 14.2 Å². The van der Waals surface area contributed by atoms with Crippen LogP contribution in [0.25, 0.3) is 6.08 Å². The van der Waals surface area contributed by atoms with Crippen molar-refractivity contribution in [3.8, 4) is 5.75 Å². The molecule has 0 aromatic heterocycles. The van der Waals surface area contributed by atoms with Crippen LogP contribution in [-0.4, -0.2) is 32.3 Å². The Hall–Kier alpha value is -2.30. The Morgan fingerprint density at radius 1 is 1.35 bits per heavy atom. The maximum atomic E-state index is 12.3. The number of benzene rings is 1. The summed E-state index contributed by atoms with van der Waals surface area (Å²) in [6.07, 6.45) is 5.10. The third kappa shape index (κ3) is 3.92. The summed E-state index contributed by atoms with van der Waals surface area (Å²) in [4.78, 5) is 24.5. The van der Waals surface area contributed by atoms with Gasteiger partial charge in [0.15, 0.2) is 5.41 Å². The van der Waals surface area contributed by atoms with Crippen LogP contribution in [0.1, 0.15) is 31.7 Å². The van der Waals surface area contributed by atoms with Crippen LogP contribution in [0.4, 0.5) is 0 Å². The van der Waals surface area contributed by atoms with E-state index in [0.717, 1.165) is 11.3 Å². The molecule has 0 aliphatic carbocycles. The number of hydrogen-bond donors (Lipinski definition) is 0. The SMILES string of the molecule is CCOC(=O)[C@]1(C/C=C/c2ccc(OC)cc2)CCCOC1=O. The zero-order valence-corrected chi connectivity index (χ0v) is 13.5. The van der Waals surface area contributed by atoms with E-state index in [1.807, 2.05) is 36.4 Å². The third-order valence-electron chi connectivity index (χ3n) is 3.93. The van der Waals surface area contributed by atoms with Crippen molar-refractivity contribution < 1.29 is 23.8 Å². The Labute approximate surface area is 136 Å². The number of esters is 2. The fourth-order valence-electron chi connectivity index (χ4n) is 2.61. The Bertz CT molecular complexity index is 576. The second kappa shape index (κ2) is 7.81. The maximum Gasteiger partial charge on any atom is 0.323 e. The fraction of sp³-hybridized carbons (Fsp3) is 0.444. The summed E-state index contributed by atoms with van der Waals surface area (Å²) in [5.41, 5.74) is -0.244. The van der Waals surface area contributed by atoms with Gasteiger partial charge in [0.25, 0.3) is 0 Å². The lowest BCUT2D eigenvalue weighted by Gasteiger charge is -2.31. The zero-order chi connectivity index (χ0) is 16.7. The summed E-state index contributed by atoms with van der Waals surface area (Å²) in [5, 5.41) is 0. The smallest absolute Gasteiger partial charge is 0.323 e. The highest BCUT2D eigenvalue weighted by atomic mass is 16.6. The molecule has 5 heteroatoms. The van der Waals surface area contributed by atoms with E-state index in [-0.39, 0.29) is 13.0 Å². The molecule has 1 aliphatic rings. The van der Waals surface area contributed by atoms with E-state index in [1.165, 1.54) is 0 Å². The van der Waals surface area contributed by atoms with Crippen LogP contribution < -0.4 is 4.74 Å². The van der Waals surface area contributed by atoms with Gasteiger partial charge in [0.1, 0.15) is 5.75 Å². The molecular weight excluding hydrogens is 296 g/mol. The molecule has 1 heterocycles. The first-order valence-electron chi connectivity index (χ1n) is 7.77. The van der Waals surface area contributed by atoms with E-state index in [9.17, 15) is 9.59 Å². The van der Waals surface area contributed by atoms with Crippen molar-refractivity contribution in [3.63, 3.8) is 0 Å². The molecule has 1 atom stereocenters. The van der Waals surface area contributed by atoms with Crippen LogP contribution in [-0.2, 0) is 19.1 Å². The molecule has 0 bridgehead atoms. The molecule has 0 amide bonds. The molecule has 1 saturated heterocycles.